The molecule has 0 N–H and O–H groups in total. The molecule has 0 radical (unpaired) electrons. The van der Waals surface area contributed by atoms with Crippen molar-refractivity contribution >= 4 is 10.8 Å². The molecular formula is C27H36F2. The van der Waals surface area contributed by atoms with Crippen LogP contribution in [0.4, 0.5) is 8.78 Å². The van der Waals surface area contributed by atoms with E-state index in [0.717, 1.165) is 40.7 Å². The van der Waals surface area contributed by atoms with Gasteiger partial charge in [-0.3, -0.25) is 0 Å². The lowest BCUT2D eigenvalue weighted by Gasteiger charge is -2.37. The van der Waals surface area contributed by atoms with Crippen molar-refractivity contribution in [2.45, 2.75) is 85.0 Å². The molecule has 0 unspecified atom stereocenters. The molecule has 0 aromatic heterocycles. The Labute approximate surface area is 175 Å². The molecule has 2 saturated carbocycles. The highest BCUT2D eigenvalue weighted by Gasteiger charge is 2.30. The predicted octanol–water partition coefficient (Wildman–Crippen LogP) is 8.30. The van der Waals surface area contributed by atoms with Gasteiger partial charge in [0.1, 0.15) is 0 Å². The molecule has 2 aliphatic carbocycles. The van der Waals surface area contributed by atoms with Crippen LogP contribution in [0.1, 0.15) is 81.4 Å². The summed E-state index contributed by atoms with van der Waals surface area (Å²) in [7, 11) is 0. The van der Waals surface area contributed by atoms with Crippen LogP contribution in [-0.2, 0) is 6.42 Å². The second-order valence-electron chi connectivity index (χ2n) is 10.1. The van der Waals surface area contributed by atoms with Gasteiger partial charge in [-0.05, 0) is 104 Å². The fourth-order valence-electron chi connectivity index (χ4n) is 6.00. The number of halogens is 2. The molecule has 4 rings (SSSR count). The van der Waals surface area contributed by atoms with Crippen molar-refractivity contribution in [3.8, 4) is 0 Å². The lowest BCUT2D eigenvalue weighted by molar-refractivity contribution is 0.147. The van der Waals surface area contributed by atoms with Gasteiger partial charge in [0, 0.05) is 5.39 Å². The number of aryl methyl sites for hydroxylation is 3. The number of fused-ring (bicyclic) bond motifs is 1. The smallest absolute Gasteiger partial charge is 0.167 e. The molecule has 0 spiro atoms. The molecule has 0 amide bonds. The third-order valence-electron chi connectivity index (χ3n) is 8.23. The quantitative estimate of drug-likeness (QED) is 0.486. The summed E-state index contributed by atoms with van der Waals surface area (Å²) in [6.07, 6.45) is 12.6. The summed E-state index contributed by atoms with van der Waals surface area (Å²) in [5, 5.41) is 1.28. The van der Waals surface area contributed by atoms with Gasteiger partial charge in [0.05, 0.1) is 0 Å². The summed E-state index contributed by atoms with van der Waals surface area (Å²) in [6.45, 7) is 6.22. The first-order chi connectivity index (χ1) is 13.9. The summed E-state index contributed by atoms with van der Waals surface area (Å²) in [5.74, 6) is 2.18. The average molecular weight is 399 g/mol. The Hall–Kier alpha value is -1.44. The van der Waals surface area contributed by atoms with Gasteiger partial charge < -0.3 is 0 Å². The number of benzene rings is 2. The van der Waals surface area contributed by atoms with Gasteiger partial charge in [0.25, 0.3) is 0 Å². The molecule has 158 valence electrons. The van der Waals surface area contributed by atoms with Crippen molar-refractivity contribution in [3.05, 3.63) is 46.5 Å². The molecule has 0 nitrogen and oxygen atoms in total. The van der Waals surface area contributed by atoms with Crippen LogP contribution in [0, 0.1) is 49.2 Å². The van der Waals surface area contributed by atoms with Crippen LogP contribution in [0.25, 0.3) is 10.8 Å². The molecule has 0 saturated heterocycles. The van der Waals surface area contributed by atoms with E-state index in [-0.39, 0.29) is 0 Å². The van der Waals surface area contributed by atoms with Gasteiger partial charge in [-0.25, -0.2) is 8.78 Å². The molecule has 0 atom stereocenters. The van der Waals surface area contributed by atoms with Crippen LogP contribution in [0.3, 0.4) is 0 Å². The average Bonchev–Trinajstić information content (AvgIpc) is 2.73. The highest BCUT2D eigenvalue weighted by molar-refractivity contribution is 5.88. The summed E-state index contributed by atoms with van der Waals surface area (Å²) in [6, 6.07) is 5.82. The molecule has 2 aliphatic rings. The first kappa shape index (κ1) is 20.8. The first-order valence-electron chi connectivity index (χ1n) is 11.8. The van der Waals surface area contributed by atoms with E-state index in [0.29, 0.717) is 23.3 Å². The Morgan fingerprint density at radius 3 is 2.10 bits per heavy atom. The molecule has 2 heteroatoms. The van der Waals surface area contributed by atoms with Gasteiger partial charge in [0.15, 0.2) is 11.6 Å². The number of rotatable bonds is 4. The van der Waals surface area contributed by atoms with E-state index in [2.05, 4.69) is 6.92 Å². The van der Waals surface area contributed by atoms with Crippen LogP contribution in [0.2, 0.25) is 0 Å². The van der Waals surface area contributed by atoms with E-state index < -0.39 is 11.6 Å². The minimum Gasteiger partial charge on any atom is -0.203 e. The molecule has 2 fully saturated rings. The predicted molar refractivity (Wildman–Crippen MR) is 118 cm³/mol. The third-order valence-corrected chi connectivity index (χ3v) is 8.23. The Bertz CT molecular complexity index is 853. The largest absolute Gasteiger partial charge is 0.203 e. The van der Waals surface area contributed by atoms with Crippen molar-refractivity contribution in [2.24, 2.45) is 23.7 Å². The van der Waals surface area contributed by atoms with Crippen molar-refractivity contribution in [1.29, 1.82) is 0 Å². The monoisotopic (exact) mass is 398 g/mol. The van der Waals surface area contributed by atoms with Crippen molar-refractivity contribution in [2.75, 3.05) is 0 Å². The Kier molecular flexibility index (Phi) is 6.27. The summed E-state index contributed by atoms with van der Waals surface area (Å²) < 4.78 is 29.5. The zero-order chi connectivity index (χ0) is 20.5. The van der Waals surface area contributed by atoms with E-state index in [1.54, 1.807) is 0 Å². The SMILES string of the molecule is Cc1ccc2cc(CCC3CCC(C4CCC(C)CC4)CC3)c(F)c(F)c2c1C. The van der Waals surface area contributed by atoms with Crippen molar-refractivity contribution in [3.63, 3.8) is 0 Å². The highest BCUT2D eigenvalue weighted by atomic mass is 19.2. The molecule has 0 bridgehead atoms. The number of hydrogen-bond acceptors (Lipinski definition) is 0. The summed E-state index contributed by atoms with van der Waals surface area (Å²) in [4.78, 5) is 0. The third kappa shape index (κ3) is 4.37. The molecule has 29 heavy (non-hydrogen) atoms. The van der Waals surface area contributed by atoms with E-state index in [4.69, 9.17) is 0 Å². The summed E-state index contributed by atoms with van der Waals surface area (Å²) >= 11 is 0. The van der Waals surface area contributed by atoms with Crippen LogP contribution < -0.4 is 0 Å². The van der Waals surface area contributed by atoms with Crippen LogP contribution in [0.15, 0.2) is 18.2 Å². The Balaban J connectivity index is 1.37. The molecule has 0 aliphatic heterocycles. The van der Waals surface area contributed by atoms with Crippen LogP contribution in [0.5, 0.6) is 0 Å². The van der Waals surface area contributed by atoms with E-state index >= 15 is 0 Å². The van der Waals surface area contributed by atoms with Gasteiger partial charge in [-0.15, -0.1) is 0 Å². The first-order valence-corrected chi connectivity index (χ1v) is 11.8. The van der Waals surface area contributed by atoms with Gasteiger partial charge >= 0.3 is 0 Å². The minimum absolute atomic E-state index is 0.452. The fourth-order valence-corrected chi connectivity index (χ4v) is 6.00. The van der Waals surface area contributed by atoms with Gasteiger partial charge in [-0.1, -0.05) is 44.7 Å². The second-order valence-corrected chi connectivity index (χ2v) is 10.1. The zero-order valence-corrected chi connectivity index (χ0v) is 18.4. The lowest BCUT2D eigenvalue weighted by Crippen LogP contribution is -2.25. The minimum atomic E-state index is -0.658. The lowest BCUT2D eigenvalue weighted by atomic mass is 9.69. The van der Waals surface area contributed by atoms with E-state index in [1.165, 1.54) is 51.4 Å². The number of hydrogen-bond donors (Lipinski definition) is 0. The van der Waals surface area contributed by atoms with Crippen molar-refractivity contribution in [1.82, 2.24) is 0 Å². The molecular weight excluding hydrogens is 362 g/mol. The fraction of sp³-hybridized carbons (Fsp3) is 0.630. The maximum atomic E-state index is 14.8. The van der Waals surface area contributed by atoms with E-state index in [9.17, 15) is 8.78 Å². The normalized spacial score (nSPS) is 28.0. The topological polar surface area (TPSA) is 0 Å². The van der Waals surface area contributed by atoms with Crippen LogP contribution in [-0.4, -0.2) is 0 Å². The molecule has 2 aromatic carbocycles. The van der Waals surface area contributed by atoms with Crippen LogP contribution >= 0.6 is 0 Å². The Morgan fingerprint density at radius 2 is 1.45 bits per heavy atom. The summed E-state index contributed by atoms with van der Waals surface area (Å²) in [5.41, 5.74) is 2.41. The van der Waals surface area contributed by atoms with Gasteiger partial charge in [0.2, 0.25) is 0 Å². The maximum absolute atomic E-state index is 14.8. The molecule has 2 aromatic rings. The van der Waals surface area contributed by atoms with Gasteiger partial charge in [-0.2, -0.15) is 0 Å². The Morgan fingerprint density at radius 1 is 0.828 bits per heavy atom. The molecule has 0 heterocycles. The maximum Gasteiger partial charge on any atom is 0.167 e. The van der Waals surface area contributed by atoms with Crippen molar-refractivity contribution < 1.29 is 8.78 Å². The zero-order valence-electron chi connectivity index (χ0n) is 18.4. The second kappa shape index (κ2) is 8.74. The van der Waals surface area contributed by atoms with E-state index in [1.807, 2.05) is 32.0 Å². The highest BCUT2D eigenvalue weighted by Crippen LogP contribution is 2.42. The standard InChI is InChI=1S/C27H36F2/c1-17-4-10-21(11-5-17)22-13-7-20(8-14-22)9-15-24-16-23-12-6-18(2)19(3)25(23)27(29)26(24)28/h6,12,16-17,20-22H,4-5,7-11,13-15H2,1-3H3.